The maximum Gasteiger partial charge on any atom is 0.257 e. The molecule has 0 radical (unpaired) electrons. The normalized spacial score (nSPS) is 14.1. The van der Waals surface area contributed by atoms with E-state index in [4.69, 9.17) is 11.6 Å². The first-order chi connectivity index (χ1) is 8.02. The maximum absolute atomic E-state index is 11.9. The van der Waals surface area contributed by atoms with Crippen molar-refractivity contribution < 1.29 is 4.79 Å². The van der Waals surface area contributed by atoms with Crippen LogP contribution in [0.25, 0.3) is 0 Å². The molecular formula is C12H17ClN2O2. The summed E-state index contributed by atoms with van der Waals surface area (Å²) in [6.07, 6.45) is 4.34. The zero-order valence-electron chi connectivity index (χ0n) is 10.0. The third-order valence-electron chi connectivity index (χ3n) is 2.91. The van der Waals surface area contributed by atoms with E-state index in [0.717, 1.165) is 6.42 Å². The lowest BCUT2D eigenvalue weighted by molar-refractivity contribution is 0.0900. The molecule has 1 aromatic heterocycles. The second kappa shape index (κ2) is 5.87. The van der Waals surface area contributed by atoms with Crippen LogP contribution in [0.3, 0.4) is 0 Å². The van der Waals surface area contributed by atoms with E-state index in [0.29, 0.717) is 12.3 Å². The molecule has 1 amide bonds. The number of amides is 1. The summed E-state index contributed by atoms with van der Waals surface area (Å²) in [4.78, 5) is 26.2. The molecule has 4 nitrogen and oxygen atoms in total. The minimum Gasteiger partial charge on any atom is -0.367 e. The van der Waals surface area contributed by atoms with Crippen LogP contribution in [0.4, 0.5) is 0 Å². The van der Waals surface area contributed by atoms with Gasteiger partial charge in [0.2, 0.25) is 0 Å². The van der Waals surface area contributed by atoms with E-state index in [9.17, 15) is 9.59 Å². The van der Waals surface area contributed by atoms with Gasteiger partial charge < -0.3 is 10.3 Å². The molecule has 0 aromatic carbocycles. The molecule has 1 rings (SSSR count). The van der Waals surface area contributed by atoms with Crippen molar-refractivity contribution in [3.8, 4) is 0 Å². The van der Waals surface area contributed by atoms with Gasteiger partial charge in [0.05, 0.1) is 0 Å². The summed E-state index contributed by atoms with van der Waals surface area (Å²) in [6, 6.07) is 1.33. The quantitative estimate of drug-likeness (QED) is 0.791. The van der Waals surface area contributed by atoms with Crippen molar-refractivity contribution in [1.29, 1.82) is 0 Å². The third-order valence-corrected chi connectivity index (χ3v) is 3.10. The minimum absolute atomic E-state index is 0.127. The number of carbonyl (C=O) groups excluding carboxylic acids is 1. The number of pyridine rings is 1. The summed E-state index contributed by atoms with van der Waals surface area (Å²) >= 11 is 5.71. The van der Waals surface area contributed by atoms with Crippen LogP contribution in [-0.4, -0.2) is 22.3 Å². The lowest BCUT2D eigenvalue weighted by Gasteiger charge is -2.28. The van der Waals surface area contributed by atoms with Crippen LogP contribution in [-0.2, 0) is 0 Å². The highest BCUT2D eigenvalue weighted by Gasteiger charge is 2.24. The van der Waals surface area contributed by atoms with Gasteiger partial charge in [0.1, 0.15) is 5.56 Å². The van der Waals surface area contributed by atoms with Gasteiger partial charge in [-0.15, -0.1) is 11.6 Å². The zero-order chi connectivity index (χ0) is 12.9. The van der Waals surface area contributed by atoms with Gasteiger partial charge in [-0.2, -0.15) is 0 Å². The van der Waals surface area contributed by atoms with Gasteiger partial charge in [-0.3, -0.25) is 9.59 Å². The Balaban J connectivity index is 2.85. The number of aromatic amines is 1. The molecule has 5 heteroatoms. The Bertz CT molecular complexity index is 444. The number of hydrogen-bond donors (Lipinski definition) is 2. The monoisotopic (exact) mass is 256 g/mol. The van der Waals surface area contributed by atoms with Crippen LogP contribution < -0.4 is 10.7 Å². The highest BCUT2D eigenvalue weighted by atomic mass is 35.5. The molecule has 0 saturated carbocycles. The molecule has 1 atom stereocenters. The highest BCUT2D eigenvalue weighted by Crippen LogP contribution is 2.15. The minimum atomic E-state index is -0.374. The van der Waals surface area contributed by atoms with E-state index in [-0.39, 0.29) is 22.4 Å². The van der Waals surface area contributed by atoms with E-state index < -0.39 is 0 Å². The van der Waals surface area contributed by atoms with Gasteiger partial charge in [0.15, 0.2) is 5.43 Å². The van der Waals surface area contributed by atoms with Crippen molar-refractivity contribution in [3.05, 3.63) is 34.2 Å². The number of hydrogen-bond acceptors (Lipinski definition) is 2. The van der Waals surface area contributed by atoms with Crippen molar-refractivity contribution in [1.82, 2.24) is 10.3 Å². The van der Waals surface area contributed by atoms with E-state index in [1.165, 1.54) is 18.5 Å². The number of nitrogens with one attached hydrogen (secondary N) is 2. The Morgan fingerprint density at radius 1 is 1.59 bits per heavy atom. The van der Waals surface area contributed by atoms with Crippen LogP contribution in [0.2, 0.25) is 0 Å². The first-order valence-corrected chi connectivity index (χ1v) is 6.11. The number of alkyl halides is 1. The summed E-state index contributed by atoms with van der Waals surface area (Å²) in [5.74, 6) is 0.108. The van der Waals surface area contributed by atoms with Crippen molar-refractivity contribution in [2.45, 2.75) is 32.2 Å². The number of halogens is 1. The Morgan fingerprint density at radius 2 is 2.29 bits per heavy atom. The van der Waals surface area contributed by atoms with Gasteiger partial charge in [0.25, 0.3) is 5.91 Å². The first kappa shape index (κ1) is 13.8. The van der Waals surface area contributed by atoms with Gasteiger partial charge in [-0.1, -0.05) is 6.92 Å². The second-order valence-corrected chi connectivity index (χ2v) is 4.61. The molecule has 0 aliphatic heterocycles. The molecule has 0 saturated heterocycles. The summed E-state index contributed by atoms with van der Waals surface area (Å²) in [7, 11) is 0. The molecule has 0 spiro atoms. The fourth-order valence-corrected chi connectivity index (χ4v) is 1.89. The summed E-state index contributed by atoms with van der Waals surface area (Å²) in [5, 5.41) is 2.86. The molecule has 17 heavy (non-hydrogen) atoms. The summed E-state index contributed by atoms with van der Waals surface area (Å²) < 4.78 is 0. The Kier molecular flexibility index (Phi) is 4.75. The number of rotatable bonds is 5. The molecule has 1 aromatic rings. The Morgan fingerprint density at radius 3 is 2.82 bits per heavy atom. The zero-order valence-corrected chi connectivity index (χ0v) is 10.8. The maximum atomic E-state index is 11.9. The van der Waals surface area contributed by atoms with E-state index in [1.54, 1.807) is 0 Å². The van der Waals surface area contributed by atoms with Crippen LogP contribution in [0.5, 0.6) is 0 Å². The standard InChI is InChI=1S/C12H17ClN2O2/c1-3-12(2,5-6-13)15-11(17)9-8-14-7-4-10(9)16/h4,7-8H,3,5-6H2,1-2H3,(H,14,16)(H,15,17). The molecule has 0 aliphatic carbocycles. The molecule has 1 unspecified atom stereocenters. The van der Waals surface area contributed by atoms with Crippen LogP contribution in [0.15, 0.2) is 23.3 Å². The largest absolute Gasteiger partial charge is 0.367 e. The van der Waals surface area contributed by atoms with Gasteiger partial charge in [-0.25, -0.2) is 0 Å². The molecule has 0 fully saturated rings. The van der Waals surface area contributed by atoms with Gasteiger partial charge >= 0.3 is 0 Å². The molecule has 0 aliphatic rings. The van der Waals surface area contributed by atoms with Crippen molar-refractivity contribution in [3.63, 3.8) is 0 Å². The highest BCUT2D eigenvalue weighted by molar-refractivity contribution is 6.17. The van der Waals surface area contributed by atoms with E-state index in [2.05, 4.69) is 10.3 Å². The number of carbonyl (C=O) groups is 1. The van der Waals surface area contributed by atoms with Crippen LogP contribution in [0, 0.1) is 0 Å². The number of aromatic nitrogens is 1. The fourth-order valence-electron chi connectivity index (χ4n) is 1.47. The molecule has 2 N–H and O–H groups in total. The predicted octanol–water partition coefficient (Wildman–Crippen LogP) is 1.90. The summed E-state index contributed by atoms with van der Waals surface area (Å²) in [5.41, 5.74) is -0.534. The predicted molar refractivity (Wildman–Crippen MR) is 68.6 cm³/mol. The Labute approximate surface area is 105 Å². The van der Waals surface area contributed by atoms with Crippen molar-refractivity contribution in [2.24, 2.45) is 0 Å². The first-order valence-electron chi connectivity index (χ1n) is 5.58. The van der Waals surface area contributed by atoms with Crippen LogP contribution in [0.1, 0.15) is 37.0 Å². The fraction of sp³-hybridized carbons (Fsp3) is 0.500. The van der Waals surface area contributed by atoms with Gasteiger partial charge in [0, 0.05) is 29.9 Å². The molecule has 0 bridgehead atoms. The molecule has 1 heterocycles. The smallest absolute Gasteiger partial charge is 0.257 e. The topological polar surface area (TPSA) is 62.0 Å². The lowest BCUT2D eigenvalue weighted by atomic mass is 9.95. The van der Waals surface area contributed by atoms with E-state index >= 15 is 0 Å². The SMILES string of the molecule is CCC(C)(CCCl)NC(=O)c1c[nH]ccc1=O. The third kappa shape index (κ3) is 3.60. The average molecular weight is 257 g/mol. The Hall–Kier alpha value is -1.29. The molecule has 94 valence electrons. The van der Waals surface area contributed by atoms with Crippen LogP contribution >= 0.6 is 11.6 Å². The van der Waals surface area contributed by atoms with Gasteiger partial charge in [-0.05, 0) is 19.8 Å². The lowest BCUT2D eigenvalue weighted by Crippen LogP contribution is -2.47. The average Bonchev–Trinajstić information content (AvgIpc) is 2.29. The number of H-pyrrole nitrogens is 1. The van der Waals surface area contributed by atoms with Crippen molar-refractivity contribution in [2.75, 3.05) is 5.88 Å². The second-order valence-electron chi connectivity index (χ2n) is 4.23. The molecular weight excluding hydrogens is 240 g/mol. The van der Waals surface area contributed by atoms with Crippen molar-refractivity contribution >= 4 is 17.5 Å². The van der Waals surface area contributed by atoms with E-state index in [1.807, 2.05) is 13.8 Å². The summed E-state index contributed by atoms with van der Waals surface area (Å²) in [6.45, 7) is 3.90.